The van der Waals surface area contributed by atoms with Gasteiger partial charge >= 0.3 is 0 Å². The Kier molecular flexibility index (Phi) is 4.54. The number of imidazole rings is 1. The molecule has 0 unspecified atom stereocenters. The van der Waals surface area contributed by atoms with Crippen LogP contribution in [0.3, 0.4) is 0 Å². The van der Waals surface area contributed by atoms with Crippen LogP contribution in [0, 0.1) is 11.3 Å². The molecule has 2 N–H and O–H groups in total. The first-order valence-corrected chi connectivity index (χ1v) is 10.2. The number of thiazole rings is 1. The lowest BCUT2D eigenvalue weighted by atomic mass is 10.0. The Labute approximate surface area is 184 Å². The Hall–Kier alpha value is -3.94. The van der Waals surface area contributed by atoms with Crippen LogP contribution in [0.15, 0.2) is 47.3 Å². The number of aliphatic imine (C=N–C) groups is 1. The van der Waals surface area contributed by atoms with Crippen molar-refractivity contribution in [2.45, 2.75) is 6.92 Å². The molecular weight excluding hydrogens is 434 g/mol. The molecule has 0 bridgehead atoms. The second-order valence-corrected chi connectivity index (χ2v) is 7.83. The van der Waals surface area contributed by atoms with Crippen molar-refractivity contribution in [3.05, 3.63) is 58.6 Å². The molecule has 0 aliphatic carbocycles. The van der Waals surface area contributed by atoms with Crippen molar-refractivity contribution in [2.75, 3.05) is 5.73 Å². The number of fused-ring (bicyclic) bond motifs is 2. The zero-order valence-electron chi connectivity index (χ0n) is 16.0. The third-order valence-corrected chi connectivity index (χ3v) is 5.75. The number of anilines is 1. The van der Waals surface area contributed by atoms with Crippen LogP contribution in [0.5, 0.6) is 0 Å². The third kappa shape index (κ3) is 3.26. The summed E-state index contributed by atoms with van der Waals surface area (Å²) in [6.07, 6.45) is 2.81. The van der Waals surface area contributed by atoms with Crippen LogP contribution in [0.25, 0.3) is 27.1 Å². The summed E-state index contributed by atoms with van der Waals surface area (Å²) >= 11 is 7.83. The van der Waals surface area contributed by atoms with E-state index in [1.807, 2.05) is 37.3 Å². The van der Waals surface area contributed by atoms with Crippen molar-refractivity contribution in [3.8, 4) is 17.3 Å². The summed E-state index contributed by atoms with van der Waals surface area (Å²) in [6.45, 7) is 1.81. The van der Waals surface area contributed by atoms with Gasteiger partial charge in [-0.05, 0) is 25.1 Å². The number of nitriles is 1. The first kappa shape index (κ1) is 19.0. The number of hydrogen-bond donors (Lipinski definition) is 1. The highest BCUT2D eigenvalue weighted by Gasteiger charge is 2.17. The summed E-state index contributed by atoms with van der Waals surface area (Å²) in [4.78, 5) is 21.2. The monoisotopic (exact) mass is 445 g/mol. The largest absolute Gasteiger partial charge is 0.382 e. The molecule has 0 aliphatic heterocycles. The predicted octanol–water partition coefficient (Wildman–Crippen LogP) is 4.04. The molecule has 0 fully saturated rings. The van der Waals surface area contributed by atoms with Gasteiger partial charge in [0.05, 0.1) is 21.9 Å². The Morgan fingerprint density at radius 3 is 2.94 bits per heavy atom. The van der Waals surface area contributed by atoms with E-state index >= 15 is 0 Å². The van der Waals surface area contributed by atoms with Gasteiger partial charge in [0.25, 0.3) is 0 Å². The normalized spacial score (nSPS) is 11.8. The highest BCUT2D eigenvalue weighted by Crippen LogP contribution is 2.29. The Balaban J connectivity index is 1.75. The molecule has 11 heteroatoms. The molecule has 1 aromatic carbocycles. The lowest BCUT2D eigenvalue weighted by molar-refractivity contribution is 0.940. The quantitative estimate of drug-likeness (QED) is 0.414. The molecule has 5 rings (SSSR count). The highest BCUT2D eigenvalue weighted by atomic mass is 35.5. The van der Waals surface area contributed by atoms with Crippen molar-refractivity contribution in [1.29, 1.82) is 5.26 Å². The van der Waals surface area contributed by atoms with Crippen molar-refractivity contribution >= 4 is 56.1 Å². The van der Waals surface area contributed by atoms with Crippen molar-refractivity contribution in [3.63, 3.8) is 0 Å². The van der Waals surface area contributed by atoms with Crippen molar-refractivity contribution in [2.24, 2.45) is 4.99 Å². The smallest absolute Gasteiger partial charge is 0.175 e. The lowest BCUT2D eigenvalue weighted by Gasteiger charge is -2.10. The van der Waals surface area contributed by atoms with E-state index in [1.165, 1.54) is 12.5 Å². The van der Waals surface area contributed by atoms with E-state index in [0.29, 0.717) is 27.8 Å². The second-order valence-electron chi connectivity index (χ2n) is 6.56. The zero-order valence-corrected chi connectivity index (χ0v) is 17.6. The van der Waals surface area contributed by atoms with Gasteiger partial charge in [0.1, 0.15) is 29.5 Å². The number of nitrogens with two attached hydrogens (primary N) is 1. The maximum absolute atomic E-state index is 9.41. The number of halogens is 1. The molecule has 31 heavy (non-hydrogen) atoms. The summed E-state index contributed by atoms with van der Waals surface area (Å²) in [5, 5.41) is 14.5. The first-order valence-electron chi connectivity index (χ1n) is 8.99. The molecule has 0 atom stereocenters. The first-order chi connectivity index (χ1) is 15.0. The zero-order chi connectivity index (χ0) is 21.5. The molecule has 4 heterocycles. The number of benzene rings is 1. The minimum atomic E-state index is 0.0758. The minimum Gasteiger partial charge on any atom is -0.382 e. The van der Waals surface area contributed by atoms with Gasteiger partial charge in [0.2, 0.25) is 0 Å². The van der Waals surface area contributed by atoms with Crippen LogP contribution >= 0.6 is 22.9 Å². The van der Waals surface area contributed by atoms with Gasteiger partial charge in [-0.25, -0.2) is 29.4 Å². The average molecular weight is 446 g/mol. The van der Waals surface area contributed by atoms with Gasteiger partial charge in [0.15, 0.2) is 16.6 Å². The molecule has 5 aromatic rings. The molecule has 150 valence electrons. The van der Waals surface area contributed by atoms with Gasteiger partial charge in [-0.15, -0.1) is 11.3 Å². The Morgan fingerprint density at radius 1 is 1.23 bits per heavy atom. The summed E-state index contributed by atoms with van der Waals surface area (Å²) in [5.74, 6) is 0.265. The van der Waals surface area contributed by atoms with E-state index in [0.717, 1.165) is 15.8 Å². The molecule has 0 radical (unpaired) electrons. The number of rotatable bonds is 3. The van der Waals surface area contributed by atoms with Crippen LogP contribution in [0.4, 0.5) is 11.6 Å². The molecular formula is C20H12ClN9S. The maximum Gasteiger partial charge on any atom is 0.175 e. The highest BCUT2D eigenvalue weighted by molar-refractivity contribution is 7.16. The Morgan fingerprint density at radius 2 is 2.10 bits per heavy atom. The van der Waals surface area contributed by atoms with Gasteiger partial charge in [-0.1, -0.05) is 17.7 Å². The van der Waals surface area contributed by atoms with Crippen LogP contribution < -0.4 is 5.73 Å². The van der Waals surface area contributed by atoms with Crippen LogP contribution in [-0.4, -0.2) is 35.3 Å². The van der Waals surface area contributed by atoms with Crippen molar-refractivity contribution in [1.82, 2.24) is 29.5 Å². The van der Waals surface area contributed by atoms with Gasteiger partial charge in [0, 0.05) is 16.8 Å². The average Bonchev–Trinajstić information content (AvgIpc) is 3.39. The Bertz CT molecular complexity index is 1540. The third-order valence-electron chi connectivity index (χ3n) is 4.69. The molecule has 0 amide bonds. The SMILES string of the molecule is CC(=Nc1ncnc(N)c1C#N)c1cc2ncc(Cl)n2nc1-c1ccc2scnc2c1. The van der Waals surface area contributed by atoms with Crippen LogP contribution in [0.1, 0.15) is 18.1 Å². The topological polar surface area (TPSA) is 131 Å². The molecule has 4 aromatic heterocycles. The van der Waals surface area contributed by atoms with Crippen LogP contribution in [0.2, 0.25) is 5.15 Å². The fourth-order valence-corrected chi connectivity index (χ4v) is 4.01. The number of nitrogen functional groups attached to an aromatic ring is 1. The molecule has 0 saturated carbocycles. The van der Waals surface area contributed by atoms with Crippen LogP contribution in [-0.2, 0) is 0 Å². The fourth-order valence-electron chi connectivity index (χ4n) is 3.18. The summed E-state index contributed by atoms with van der Waals surface area (Å²) in [5.41, 5.74) is 11.9. The fraction of sp³-hybridized carbons (Fsp3) is 0.0500. The van der Waals surface area contributed by atoms with Crippen molar-refractivity contribution < 1.29 is 0 Å². The molecule has 0 aliphatic rings. The van der Waals surface area contributed by atoms with E-state index in [4.69, 9.17) is 22.4 Å². The van der Waals surface area contributed by atoms with Gasteiger partial charge in [-0.2, -0.15) is 10.4 Å². The summed E-state index contributed by atoms with van der Waals surface area (Å²) < 4.78 is 2.63. The molecule has 0 spiro atoms. The predicted molar refractivity (Wildman–Crippen MR) is 120 cm³/mol. The second kappa shape index (κ2) is 7.39. The summed E-state index contributed by atoms with van der Waals surface area (Å²) in [6, 6.07) is 9.78. The van der Waals surface area contributed by atoms with Gasteiger partial charge < -0.3 is 5.73 Å². The van der Waals surface area contributed by atoms with E-state index in [-0.39, 0.29) is 17.2 Å². The number of nitrogens with zero attached hydrogens (tertiary/aromatic N) is 8. The van der Waals surface area contributed by atoms with E-state index < -0.39 is 0 Å². The standard InChI is InChI=1S/C20H12ClN9S/c1-10(28-20-13(6-22)19(23)25-8-26-20)12-5-17-24-7-16(21)30(17)29-18(12)11-2-3-15-14(4-11)27-9-31-15/h2-5,7-9H,1H3,(H2,23,25,26). The lowest BCUT2D eigenvalue weighted by Crippen LogP contribution is -2.06. The number of hydrogen-bond acceptors (Lipinski definition) is 9. The van der Waals surface area contributed by atoms with E-state index in [9.17, 15) is 5.26 Å². The van der Waals surface area contributed by atoms with Gasteiger partial charge in [-0.3, -0.25) is 0 Å². The number of aromatic nitrogens is 6. The molecule has 9 nitrogen and oxygen atoms in total. The maximum atomic E-state index is 9.41. The molecule has 0 saturated heterocycles. The van der Waals surface area contributed by atoms with E-state index in [1.54, 1.807) is 21.4 Å². The van der Waals surface area contributed by atoms with E-state index in [2.05, 4.69) is 24.9 Å². The summed E-state index contributed by atoms with van der Waals surface area (Å²) in [7, 11) is 0. The minimum absolute atomic E-state index is 0.0758.